The average molecular weight is 398 g/mol. The molecule has 29 heavy (non-hydrogen) atoms. The van der Waals surface area contributed by atoms with Gasteiger partial charge in [-0.25, -0.2) is 4.39 Å². The first kappa shape index (κ1) is 21.0. The lowest BCUT2D eigenvalue weighted by atomic mass is 10.1. The van der Waals surface area contributed by atoms with Gasteiger partial charge in [-0.3, -0.25) is 19.4 Å². The predicted octanol–water partition coefficient (Wildman–Crippen LogP) is 2.01. The minimum absolute atomic E-state index is 0.0761. The Kier molecular flexibility index (Phi) is 6.95. The number of benzene rings is 2. The molecule has 0 aromatic heterocycles. The lowest BCUT2D eigenvalue weighted by Gasteiger charge is -2.40. The van der Waals surface area contributed by atoms with Gasteiger partial charge in [0.05, 0.1) is 6.54 Å². The van der Waals surface area contributed by atoms with E-state index in [4.69, 9.17) is 0 Å². The lowest BCUT2D eigenvalue weighted by Crippen LogP contribution is -2.59. The van der Waals surface area contributed by atoms with E-state index in [1.165, 1.54) is 11.6 Å². The zero-order valence-corrected chi connectivity index (χ0v) is 16.8. The van der Waals surface area contributed by atoms with E-state index in [-0.39, 0.29) is 24.2 Å². The largest absolute Gasteiger partial charge is 0.358 e. The maximum atomic E-state index is 13.7. The van der Waals surface area contributed by atoms with Crippen molar-refractivity contribution in [3.8, 4) is 0 Å². The predicted molar refractivity (Wildman–Crippen MR) is 111 cm³/mol. The van der Waals surface area contributed by atoms with E-state index in [0.717, 1.165) is 13.1 Å². The summed E-state index contributed by atoms with van der Waals surface area (Å²) >= 11 is 0. The Morgan fingerprint density at radius 2 is 1.90 bits per heavy atom. The van der Waals surface area contributed by atoms with E-state index >= 15 is 0 Å². The maximum Gasteiger partial charge on any atom is 0.238 e. The van der Waals surface area contributed by atoms with Crippen LogP contribution in [0.4, 0.5) is 10.1 Å². The summed E-state index contributed by atoms with van der Waals surface area (Å²) in [5.41, 5.74) is 2.13. The van der Waals surface area contributed by atoms with Crippen molar-refractivity contribution in [3.05, 3.63) is 65.5 Å². The van der Waals surface area contributed by atoms with Crippen molar-refractivity contribution >= 4 is 17.5 Å². The normalized spacial score (nSPS) is 17.7. The Morgan fingerprint density at radius 1 is 1.14 bits per heavy atom. The van der Waals surface area contributed by atoms with Gasteiger partial charge in [-0.15, -0.1) is 0 Å². The monoisotopic (exact) mass is 398 g/mol. The number of hydrogen-bond donors (Lipinski definition) is 2. The van der Waals surface area contributed by atoms with Gasteiger partial charge in [0.2, 0.25) is 11.8 Å². The molecule has 1 aliphatic rings. The van der Waals surface area contributed by atoms with Crippen LogP contribution in [-0.2, 0) is 16.1 Å². The summed E-state index contributed by atoms with van der Waals surface area (Å²) in [6, 6.07) is 14.3. The van der Waals surface area contributed by atoms with Crippen molar-refractivity contribution in [2.75, 3.05) is 38.5 Å². The number of nitrogens with zero attached hydrogens (tertiary/aromatic N) is 2. The van der Waals surface area contributed by atoms with Gasteiger partial charge in [-0.2, -0.15) is 0 Å². The van der Waals surface area contributed by atoms with Crippen LogP contribution in [0.1, 0.15) is 11.1 Å². The second kappa shape index (κ2) is 9.62. The molecule has 0 unspecified atom stereocenters. The molecule has 3 rings (SSSR count). The Labute approximate surface area is 170 Å². The lowest BCUT2D eigenvalue weighted by molar-refractivity contribution is -0.130. The molecule has 1 heterocycles. The molecule has 6 nitrogen and oxygen atoms in total. The summed E-state index contributed by atoms with van der Waals surface area (Å²) in [5, 5.41) is 5.42. The maximum absolute atomic E-state index is 13.7. The smallest absolute Gasteiger partial charge is 0.238 e. The molecule has 1 saturated heterocycles. The van der Waals surface area contributed by atoms with Gasteiger partial charge in [0.1, 0.15) is 11.9 Å². The van der Waals surface area contributed by atoms with Crippen LogP contribution in [-0.4, -0.2) is 60.9 Å². The van der Waals surface area contributed by atoms with Gasteiger partial charge in [-0.1, -0.05) is 36.4 Å². The first-order valence-corrected chi connectivity index (χ1v) is 9.74. The van der Waals surface area contributed by atoms with Crippen molar-refractivity contribution in [2.24, 2.45) is 0 Å². The van der Waals surface area contributed by atoms with Gasteiger partial charge in [0.15, 0.2) is 0 Å². The van der Waals surface area contributed by atoms with E-state index in [1.54, 1.807) is 26.1 Å². The third kappa shape index (κ3) is 5.62. The molecule has 1 atom stereocenters. The standard InChI is InChI=1S/C22H27FN4O2/c1-16-8-9-18(12-19(16)23)25-21(28)15-27-11-10-26(14-20(27)22(29)24-2)13-17-6-4-3-5-7-17/h3-9,12,20H,10-11,13-15H2,1-2H3,(H,24,29)(H,25,28)/t20-/m1/s1. The van der Waals surface area contributed by atoms with Gasteiger partial charge in [0.25, 0.3) is 0 Å². The van der Waals surface area contributed by atoms with Crippen LogP contribution in [0.2, 0.25) is 0 Å². The van der Waals surface area contributed by atoms with Crippen LogP contribution < -0.4 is 10.6 Å². The van der Waals surface area contributed by atoms with Crippen molar-refractivity contribution in [1.82, 2.24) is 15.1 Å². The molecule has 0 saturated carbocycles. The highest BCUT2D eigenvalue weighted by atomic mass is 19.1. The van der Waals surface area contributed by atoms with Crippen molar-refractivity contribution < 1.29 is 14.0 Å². The third-order valence-corrected chi connectivity index (χ3v) is 5.18. The number of hydrogen-bond acceptors (Lipinski definition) is 4. The molecular weight excluding hydrogens is 371 g/mol. The molecule has 154 valence electrons. The molecule has 2 aromatic carbocycles. The van der Waals surface area contributed by atoms with Crippen LogP contribution in [0.15, 0.2) is 48.5 Å². The Balaban J connectivity index is 1.62. The summed E-state index contributed by atoms with van der Waals surface area (Å²) in [5.74, 6) is -0.740. The van der Waals surface area contributed by atoms with Gasteiger partial charge in [0, 0.05) is 38.9 Å². The fourth-order valence-corrected chi connectivity index (χ4v) is 3.52. The fourth-order valence-electron chi connectivity index (χ4n) is 3.52. The number of likely N-dealkylation sites (N-methyl/N-ethyl adjacent to an activating group) is 1. The van der Waals surface area contributed by atoms with Gasteiger partial charge < -0.3 is 10.6 Å². The summed E-state index contributed by atoms with van der Waals surface area (Å²) in [4.78, 5) is 29.0. The van der Waals surface area contributed by atoms with Crippen molar-refractivity contribution in [1.29, 1.82) is 0 Å². The molecule has 2 aromatic rings. The minimum Gasteiger partial charge on any atom is -0.358 e. The van der Waals surface area contributed by atoms with Crippen LogP contribution in [0.5, 0.6) is 0 Å². The first-order valence-electron chi connectivity index (χ1n) is 9.74. The number of anilines is 1. The molecule has 0 bridgehead atoms. The van der Waals surface area contributed by atoms with Crippen LogP contribution >= 0.6 is 0 Å². The summed E-state index contributed by atoms with van der Waals surface area (Å²) in [6.07, 6.45) is 0. The van der Waals surface area contributed by atoms with Crippen LogP contribution in [0.25, 0.3) is 0 Å². The topological polar surface area (TPSA) is 64.7 Å². The van der Waals surface area contributed by atoms with Crippen molar-refractivity contribution in [2.45, 2.75) is 19.5 Å². The highest BCUT2D eigenvalue weighted by molar-refractivity contribution is 5.93. The molecular formula is C22H27FN4O2. The molecule has 2 amide bonds. The first-order chi connectivity index (χ1) is 14.0. The second-order valence-corrected chi connectivity index (χ2v) is 7.33. The van der Waals surface area contributed by atoms with Gasteiger partial charge in [-0.05, 0) is 30.2 Å². The Bertz CT molecular complexity index is 859. The van der Waals surface area contributed by atoms with Crippen LogP contribution in [0.3, 0.4) is 0 Å². The fraction of sp³-hybridized carbons (Fsp3) is 0.364. The minimum atomic E-state index is -0.419. The average Bonchev–Trinajstić information content (AvgIpc) is 2.72. The highest BCUT2D eigenvalue weighted by Gasteiger charge is 2.32. The summed E-state index contributed by atoms with van der Waals surface area (Å²) < 4.78 is 13.7. The zero-order chi connectivity index (χ0) is 20.8. The number of carbonyl (C=O) groups excluding carboxylic acids is 2. The van der Waals surface area contributed by atoms with E-state index in [0.29, 0.717) is 24.3 Å². The van der Waals surface area contributed by atoms with Crippen LogP contribution in [0, 0.1) is 12.7 Å². The molecule has 0 radical (unpaired) electrons. The third-order valence-electron chi connectivity index (χ3n) is 5.18. The Hall–Kier alpha value is -2.77. The number of nitrogens with one attached hydrogen (secondary N) is 2. The number of piperazine rings is 1. The van der Waals surface area contributed by atoms with E-state index in [1.807, 2.05) is 23.1 Å². The number of amides is 2. The van der Waals surface area contributed by atoms with Gasteiger partial charge >= 0.3 is 0 Å². The highest BCUT2D eigenvalue weighted by Crippen LogP contribution is 2.16. The number of rotatable bonds is 6. The van der Waals surface area contributed by atoms with E-state index < -0.39 is 6.04 Å². The van der Waals surface area contributed by atoms with Crippen molar-refractivity contribution in [3.63, 3.8) is 0 Å². The van der Waals surface area contributed by atoms with E-state index in [2.05, 4.69) is 27.7 Å². The SMILES string of the molecule is CNC(=O)[C@H]1CN(Cc2ccccc2)CCN1CC(=O)Nc1ccc(C)c(F)c1. The molecule has 7 heteroatoms. The summed E-state index contributed by atoms with van der Waals surface area (Å²) in [6.45, 7) is 4.41. The summed E-state index contributed by atoms with van der Waals surface area (Å²) in [7, 11) is 1.60. The second-order valence-electron chi connectivity index (χ2n) is 7.33. The molecule has 1 aliphatic heterocycles. The number of halogens is 1. The molecule has 0 spiro atoms. The Morgan fingerprint density at radius 3 is 2.59 bits per heavy atom. The quantitative estimate of drug-likeness (QED) is 0.781. The van der Waals surface area contributed by atoms with E-state index in [9.17, 15) is 14.0 Å². The number of aryl methyl sites for hydroxylation is 1. The molecule has 1 fully saturated rings. The zero-order valence-electron chi connectivity index (χ0n) is 16.8. The number of carbonyl (C=O) groups is 2. The molecule has 0 aliphatic carbocycles. The molecule has 2 N–H and O–H groups in total.